The van der Waals surface area contributed by atoms with Crippen LogP contribution in [-0.4, -0.2) is 59.5 Å². The lowest BCUT2D eigenvalue weighted by molar-refractivity contribution is 0.0266. The van der Waals surface area contributed by atoms with Crippen LogP contribution in [0.2, 0.25) is 0 Å². The maximum atomic E-state index is 5.84. The molecule has 6 nitrogen and oxygen atoms in total. The van der Waals surface area contributed by atoms with Gasteiger partial charge in [0.1, 0.15) is 0 Å². The van der Waals surface area contributed by atoms with Crippen molar-refractivity contribution in [2.75, 3.05) is 32.8 Å². The number of rotatable bonds is 8. The fourth-order valence-corrected chi connectivity index (χ4v) is 3.42. The standard InChI is InChI=1S/C19H35N5O/c1-6-20-19(21-10-8-18(15(3)4)25-7-2)24-11-9-16(14-24)17-12-22-23(5)13-17/h12-13,15-16,18H,6-11,14H2,1-5H3,(H,20,21). The van der Waals surface area contributed by atoms with E-state index >= 15 is 0 Å². The molecular weight excluding hydrogens is 314 g/mol. The van der Waals surface area contributed by atoms with Gasteiger partial charge in [-0.15, -0.1) is 0 Å². The van der Waals surface area contributed by atoms with E-state index in [4.69, 9.17) is 9.73 Å². The average Bonchev–Trinajstić information content (AvgIpc) is 3.21. The molecule has 1 aromatic rings. The Kier molecular flexibility index (Phi) is 7.75. The largest absolute Gasteiger partial charge is 0.378 e. The summed E-state index contributed by atoms with van der Waals surface area (Å²) < 4.78 is 7.72. The van der Waals surface area contributed by atoms with Crippen molar-refractivity contribution >= 4 is 5.96 Å². The summed E-state index contributed by atoms with van der Waals surface area (Å²) in [6, 6.07) is 0. The summed E-state index contributed by atoms with van der Waals surface area (Å²) in [6.07, 6.45) is 6.55. The quantitative estimate of drug-likeness (QED) is 0.579. The van der Waals surface area contributed by atoms with Gasteiger partial charge in [0, 0.05) is 51.9 Å². The Labute approximate surface area is 152 Å². The van der Waals surface area contributed by atoms with Gasteiger partial charge in [-0.05, 0) is 38.2 Å². The van der Waals surface area contributed by atoms with Gasteiger partial charge in [-0.2, -0.15) is 5.10 Å². The molecule has 2 unspecified atom stereocenters. The van der Waals surface area contributed by atoms with E-state index in [1.807, 2.05) is 17.9 Å². The van der Waals surface area contributed by atoms with Gasteiger partial charge >= 0.3 is 0 Å². The molecule has 0 aromatic carbocycles. The molecule has 1 aromatic heterocycles. The SMILES string of the molecule is CCNC(=NCCC(OCC)C(C)C)N1CCC(c2cnn(C)c2)C1. The van der Waals surface area contributed by atoms with E-state index in [1.54, 1.807) is 0 Å². The van der Waals surface area contributed by atoms with E-state index < -0.39 is 0 Å². The molecule has 0 radical (unpaired) electrons. The van der Waals surface area contributed by atoms with Crippen LogP contribution in [-0.2, 0) is 11.8 Å². The van der Waals surface area contributed by atoms with Crippen molar-refractivity contribution in [2.45, 2.75) is 52.6 Å². The maximum Gasteiger partial charge on any atom is 0.193 e. The summed E-state index contributed by atoms with van der Waals surface area (Å²) in [4.78, 5) is 7.25. The molecule has 0 aliphatic carbocycles. The number of ether oxygens (including phenoxy) is 1. The highest BCUT2D eigenvalue weighted by molar-refractivity contribution is 5.80. The molecule has 1 N–H and O–H groups in total. The van der Waals surface area contributed by atoms with Crippen LogP contribution in [0.5, 0.6) is 0 Å². The van der Waals surface area contributed by atoms with E-state index in [0.29, 0.717) is 17.9 Å². The molecule has 1 aliphatic rings. The van der Waals surface area contributed by atoms with Crippen LogP contribution < -0.4 is 5.32 Å². The first-order chi connectivity index (χ1) is 12.0. The van der Waals surface area contributed by atoms with E-state index in [2.05, 4.69) is 49.2 Å². The molecule has 0 spiro atoms. The van der Waals surface area contributed by atoms with Crippen LogP contribution in [0.25, 0.3) is 0 Å². The second kappa shape index (κ2) is 9.80. The smallest absolute Gasteiger partial charge is 0.193 e. The third-order valence-electron chi connectivity index (χ3n) is 4.82. The van der Waals surface area contributed by atoms with Gasteiger partial charge < -0.3 is 15.0 Å². The molecule has 1 saturated heterocycles. The number of aromatic nitrogens is 2. The molecule has 1 aliphatic heterocycles. The first kappa shape index (κ1) is 19.8. The summed E-state index contributed by atoms with van der Waals surface area (Å²) in [6.45, 7) is 13.1. The molecule has 2 rings (SSSR count). The zero-order valence-electron chi connectivity index (χ0n) is 16.5. The topological polar surface area (TPSA) is 54.7 Å². The van der Waals surface area contributed by atoms with Crippen LogP contribution in [0, 0.1) is 5.92 Å². The lowest BCUT2D eigenvalue weighted by Gasteiger charge is -2.23. The summed E-state index contributed by atoms with van der Waals surface area (Å²) in [7, 11) is 1.98. The minimum absolute atomic E-state index is 0.290. The predicted octanol–water partition coefficient (Wildman–Crippen LogP) is 2.63. The predicted molar refractivity (Wildman–Crippen MR) is 103 cm³/mol. The number of aryl methyl sites for hydroxylation is 1. The highest BCUT2D eigenvalue weighted by atomic mass is 16.5. The third-order valence-corrected chi connectivity index (χ3v) is 4.82. The molecule has 6 heteroatoms. The van der Waals surface area contributed by atoms with Gasteiger partial charge in [0.05, 0.1) is 12.3 Å². The Balaban J connectivity index is 1.93. The van der Waals surface area contributed by atoms with Crippen molar-refractivity contribution in [3.8, 4) is 0 Å². The first-order valence-electron chi connectivity index (χ1n) is 9.68. The Morgan fingerprint density at radius 1 is 1.44 bits per heavy atom. The number of aliphatic imine (C=N–C) groups is 1. The van der Waals surface area contributed by atoms with Crippen LogP contribution in [0.1, 0.15) is 52.0 Å². The fourth-order valence-electron chi connectivity index (χ4n) is 3.42. The Morgan fingerprint density at radius 2 is 2.24 bits per heavy atom. The van der Waals surface area contributed by atoms with Gasteiger partial charge in [0.25, 0.3) is 0 Å². The second-order valence-electron chi connectivity index (χ2n) is 7.14. The number of guanidine groups is 1. The van der Waals surface area contributed by atoms with Crippen molar-refractivity contribution in [2.24, 2.45) is 18.0 Å². The Bertz CT molecular complexity index is 540. The Hall–Kier alpha value is -1.56. The average molecular weight is 350 g/mol. The van der Waals surface area contributed by atoms with Crippen LogP contribution in [0.3, 0.4) is 0 Å². The van der Waals surface area contributed by atoms with E-state index in [9.17, 15) is 0 Å². The van der Waals surface area contributed by atoms with Crippen molar-refractivity contribution in [3.05, 3.63) is 18.0 Å². The van der Waals surface area contributed by atoms with Crippen LogP contribution >= 0.6 is 0 Å². The summed E-state index contributed by atoms with van der Waals surface area (Å²) in [5.74, 6) is 2.11. The number of hydrogen-bond donors (Lipinski definition) is 1. The minimum atomic E-state index is 0.290. The number of likely N-dealkylation sites (tertiary alicyclic amines) is 1. The van der Waals surface area contributed by atoms with Gasteiger partial charge in [0.15, 0.2) is 5.96 Å². The highest BCUT2D eigenvalue weighted by Crippen LogP contribution is 2.26. The fraction of sp³-hybridized carbons (Fsp3) is 0.789. The van der Waals surface area contributed by atoms with E-state index in [0.717, 1.165) is 51.6 Å². The van der Waals surface area contributed by atoms with Gasteiger partial charge in [-0.1, -0.05) is 13.8 Å². The number of nitrogens with zero attached hydrogens (tertiary/aromatic N) is 4. The molecule has 1 fully saturated rings. The van der Waals surface area contributed by atoms with Crippen molar-refractivity contribution in [1.82, 2.24) is 20.0 Å². The van der Waals surface area contributed by atoms with Crippen LogP contribution in [0.4, 0.5) is 0 Å². The molecule has 0 saturated carbocycles. The summed E-state index contributed by atoms with van der Waals surface area (Å²) in [5.41, 5.74) is 1.33. The van der Waals surface area contributed by atoms with Crippen molar-refractivity contribution < 1.29 is 4.74 Å². The summed E-state index contributed by atoms with van der Waals surface area (Å²) in [5, 5.41) is 7.76. The lowest BCUT2D eigenvalue weighted by Crippen LogP contribution is -2.40. The van der Waals surface area contributed by atoms with E-state index in [-0.39, 0.29) is 0 Å². The molecule has 2 atom stereocenters. The van der Waals surface area contributed by atoms with Crippen molar-refractivity contribution in [1.29, 1.82) is 0 Å². The monoisotopic (exact) mass is 349 g/mol. The maximum absolute atomic E-state index is 5.84. The molecule has 0 amide bonds. The second-order valence-corrected chi connectivity index (χ2v) is 7.14. The van der Waals surface area contributed by atoms with Crippen LogP contribution in [0.15, 0.2) is 17.4 Å². The highest BCUT2D eigenvalue weighted by Gasteiger charge is 2.27. The zero-order chi connectivity index (χ0) is 18.2. The van der Waals surface area contributed by atoms with E-state index in [1.165, 1.54) is 5.56 Å². The molecule has 142 valence electrons. The molecular formula is C19H35N5O. The van der Waals surface area contributed by atoms with Crippen molar-refractivity contribution in [3.63, 3.8) is 0 Å². The number of nitrogens with one attached hydrogen (secondary N) is 1. The lowest BCUT2D eigenvalue weighted by atomic mass is 10.0. The number of hydrogen-bond acceptors (Lipinski definition) is 3. The summed E-state index contributed by atoms with van der Waals surface area (Å²) >= 11 is 0. The normalized spacial score (nSPS) is 19.7. The van der Waals surface area contributed by atoms with Gasteiger partial charge in [-0.3, -0.25) is 9.67 Å². The van der Waals surface area contributed by atoms with Gasteiger partial charge in [0.2, 0.25) is 0 Å². The first-order valence-corrected chi connectivity index (χ1v) is 9.68. The minimum Gasteiger partial charge on any atom is -0.378 e. The Morgan fingerprint density at radius 3 is 2.84 bits per heavy atom. The molecule has 0 bridgehead atoms. The molecule has 25 heavy (non-hydrogen) atoms. The zero-order valence-corrected chi connectivity index (χ0v) is 16.5. The van der Waals surface area contributed by atoms with Gasteiger partial charge in [-0.25, -0.2) is 0 Å². The third kappa shape index (κ3) is 5.73. The molecule has 2 heterocycles.